The number of hydrogen-bond acceptors (Lipinski definition) is 3. The fraction of sp³-hybridized carbons (Fsp3) is 0.500. The maximum Gasteiger partial charge on any atom is 0.220 e. The van der Waals surface area contributed by atoms with Crippen molar-refractivity contribution in [2.75, 3.05) is 13.7 Å². The number of amides is 1. The predicted molar refractivity (Wildman–Crippen MR) is 72.6 cm³/mol. The first-order valence-corrected chi connectivity index (χ1v) is 6.11. The lowest BCUT2D eigenvalue weighted by atomic mass is 10.0. The Balaban J connectivity index is 2.52. The van der Waals surface area contributed by atoms with Gasteiger partial charge in [0.1, 0.15) is 5.75 Å². The second-order valence-corrected chi connectivity index (χ2v) is 4.95. The number of hydrogen-bond donors (Lipinski definition) is 2. The van der Waals surface area contributed by atoms with Crippen molar-refractivity contribution in [3.8, 4) is 5.75 Å². The Morgan fingerprint density at radius 1 is 1.39 bits per heavy atom. The van der Waals surface area contributed by atoms with Gasteiger partial charge in [-0.1, -0.05) is 18.2 Å². The van der Waals surface area contributed by atoms with Crippen LogP contribution < -0.4 is 15.8 Å². The van der Waals surface area contributed by atoms with E-state index in [1.807, 2.05) is 38.1 Å². The van der Waals surface area contributed by atoms with Crippen LogP contribution in [0.15, 0.2) is 24.3 Å². The number of carbonyl (C=O) groups is 1. The van der Waals surface area contributed by atoms with Crippen LogP contribution in [0.5, 0.6) is 5.75 Å². The van der Waals surface area contributed by atoms with Crippen molar-refractivity contribution in [1.82, 2.24) is 5.32 Å². The van der Waals surface area contributed by atoms with Crippen LogP contribution in [-0.4, -0.2) is 25.1 Å². The molecular formula is C14H22N2O2. The van der Waals surface area contributed by atoms with Crippen LogP contribution >= 0.6 is 0 Å². The molecule has 4 heteroatoms. The highest BCUT2D eigenvalue weighted by molar-refractivity contribution is 5.77. The second-order valence-electron chi connectivity index (χ2n) is 4.95. The standard InChI is InChI=1S/C14H22N2O2/c1-14(2,10-15)16-13(17)9-8-11-6-4-5-7-12(11)18-3/h4-7H,8-10,15H2,1-3H3,(H,16,17). The first kappa shape index (κ1) is 14.5. The van der Waals surface area contributed by atoms with Gasteiger partial charge in [-0.15, -0.1) is 0 Å². The van der Waals surface area contributed by atoms with E-state index in [2.05, 4.69) is 5.32 Å². The lowest BCUT2D eigenvalue weighted by molar-refractivity contribution is -0.122. The van der Waals surface area contributed by atoms with Crippen LogP contribution in [0.1, 0.15) is 25.8 Å². The summed E-state index contributed by atoms with van der Waals surface area (Å²) in [5.74, 6) is 0.833. The number of methoxy groups -OCH3 is 1. The molecule has 0 aromatic heterocycles. The summed E-state index contributed by atoms with van der Waals surface area (Å²) in [6.45, 7) is 4.25. The van der Waals surface area contributed by atoms with Crippen molar-refractivity contribution in [3.63, 3.8) is 0 Å². The van der Waals surface area contributed by atoms with E-state index in [9.17, 15) is 4.79 Å². The van der Waals surface area contributed by atoms with Crippen LogP contribution in [0.2, 0.25) is 0 Å². The van der Waals surface area contributed by atoms with Crippen LogP contribution in [0.25, 0.3) is 0 Å². The minimum Gasteiger partial charge on any atom is -0.496 e. The summed E-state index contributed by atoms with van der Waals surface area (Å²) in [6.07, 6.45) is 1.10. The van der Waals surface area contributed by atoms with Gasteiger partial charge in [-0.05, 0) is 31.9 Å². The number of benzene rings is 1. The Labute approximate surface area is 109 Å². The van der Waals surface area contributed by atoms with Gasteiger partial charge in [0.2, 0.25) is 5.91 Å². The molecule has 100 valence electrons. The maximum absolute atomic E-state index is 11.8. The van der Waals surface area contributed by atoms with E-state index >= 15 is 0 Å². The number of carbonyl (C=O) groups excluding carboxylic acids is 1. The molecule has 0 atom stereocenters. The Morgan fingerprint density at radius 2 is 2.06 bits per heavy atom. The summed E-state index contributed by atoms with van der Waals surface area (Å²) in [6, 6.07) is 7.73. The molecular weight excluding hydrogens is 228 g/mol. The highest BCUT2D eigenvalue weighted by Crippen LogP contribution is 2.18. The Kier molecular flexibility index (Phi) is 5.16. The number of ether oxygens (including phenoxy) is 1. The van der Waals surface area contributed by atoms with Crippen molar-refractivity contribution in [2.45, 2.75) is 32.2 Å². The first-order valence-electron chi connectivity index (χ1n) is 6.11. The SMILES string of the molecule is COc1ccccc1CCC(=O)NC(C)(C)CN. The Morgan fingerprint density at radius 3 is 2.67 bits per heavy atom. The highest BCUT2D eigenvalue weighted by atomic mass is 16.5. The lowest BCUT2D eigenvalue weighted by Crippen LogP contribution is -2.48. The third-order valence-corrected chi connectivity index (χ3v) is 2.80. The predicted octanol–water partition coefficient (Wildman–Crippen LogP) is 1.48. The molecule has 0 radical (unpaired) electrons. The van der Waals surface area contributed by atoms with Gasteiger partial charge in [-0.3, -0.25) is 4.79 Å². The zero-order valence-electron chi connectivity index (χ0n) is 11.3. The number of nitrogens with one attached hydrogen (secondary N) is 1. The zero-order chi connectivity index (χ0) is 13.6. The molecule has 1 amide bonds. The van der Waals surface area contributed by atoms with E-state index < -0.39 is 0 Å². The lowest BCUT2D eigenvalue weighted by Gasteiger charge is -2.24. The molecule has 0 aliphatic heterocycles. The van der Waals surface area contributed by atoms with Crippen molar-refractivity contribution < 1.29 is 9.53 Å². The molecule has 0 spiro atoms. The highest BCUT2D eigenvalue weighted by Gasteiger charge is 2.18. The van der Waals surface area contributed by atoms with E-state index in [0.717, 1.165) is 11.3 Å². The number of rotatable bonds is 6. The van der Waals surface area contributed by atoms with Crippen LogP contribution in [0.3, 0.4) is 0 Å². The van der Waals surface area contributed by atoms with Gasteiger partial charge in [0.15, 0.2) is 0 Å². The monoisotopic (exact) mass is 250 g/mol. The van der Waals surface area contributed by atoms with Crippen molar-refractivity contribution >= 4 is 5.91 Å². The van der Waals surface area contributed by atoms with Crippen molar-refractivity contribution in [1.29, 1.82) is 0 Å². The van der Waals surface area contributed by atoms with Crippen LogP contribution in [-0.2, 0) is 11.2 Å². The summed E-state index contributed by atoms with van der Waals surface area (Å²) < 4.78 is 5.25. The molecule has 1 aromatic carbocycles. The smallest absolute Gasteiger partial charge is 0.220 e. The second kappa shape index (κ2) is 6.40. The topological polar surface area (TPSA) is 64.3 Å². The summed E-state index contributed by atoms with van der Waals surface area (Å²) >= 11 is 0. The van der Waals surface area contributed by atoms with Crippen molar-refractivity contribution in [3.05, 3.63) is 29.8 Å². The first-order chi connectivity index (χ1) is 8.48. The van der Waals surface area contributed by atoms with E-state index in [0.29, 0.717) is 19.4 Å². The van der Waals surface area contributed by atoms with Gasteiger partial charge in [-0.25, -0.2) is 0 Å². The number of para-hydroxylation sites is 1. The molecule has 3 N–H and O–H groups in total. The average Bonchev–Trinajstić information content (AvgIpc) is 2.36. The summed E-state index contributed by atoms with van der Waals surface area (Å²) in [5.41, 5.74) is 6.27. The molecule has 1 rings (SSSR count). The maximum atomic E-state index is 11.8. The van der Waals surface area contributed by atoms with Gasteiger partial charge >= 0.3 is 0 Å². The summed E-state index contributed by atoms with van der Waals surface area (Å²) in [4.78, 5) is 11.8. The molecule has 0 aliphatic rings. The van der Waals surface area contributed by atoms with E-state index in [4.69, 9.17) is 10.5 Å². The van der Waals surface area contributed by atoms with E-state index in [1.54, 1.807) is 7.11 Å². The average molecular weight is 250 g/mol. The van der Waals surface area contributed by atoms with Gasteiger partial charge < -0.3 is 15.8 Å². The van der Waals surface area contributed by atoms with Gasteiger partial charge in [0, 0.05) is 18.5 Å². The fourth-order valence-electron chi connectivity index (χ4n) is 1.65. The fourth-order valence-corrected chi connectivity index (χ4v) is 1.65. The summed E-state index contributed by atoms with van der Waals surface area (Å²) in [7, 11) is 1.64. The third-order valence-electron chi connectivity index (χ3n) is 2.80. The molecule has 0 saturated carbocycles. The molecule has 0 fully saturated rings. The summed E-state index contributed by atoms with van der Waals surface area (Å²) in [5, 5.41) is 2.91. The molecule has 0 aliphatic carbocycles. The number of nitrogens with two attached hydrogens (primary N) is 1. The van der Waals surface area contributed by atoms with E-state index in [1.165, 1.54) is 0 Å². The zero-order valence-corrected chi connectivity index (χ0v) is 11.3. The van der Waals surface area contributed by atoms with Crippen molar-refractivity contribution in [2.24, 2.45) is 5.73 Å². The molecule has 0 bridgehead atoms. The largest absolute Gasteiger partial charge is 0.496 e. The van der Waals surface area contributed by atoms with Crippen LogP contribution in [0.4, 0.5) is 0 Å². The minimum absolute atomic E-state index is 0.0105. The van der Waals surface area contributed by atoms with E-state index in [-0.39, 0.29) is 11.4 Å². The minimum atomic E-state index is -0.349. The molecule has 4 nitrogen and oxygen atoms in total. The molecule has 0 heterocycles. The van der Waals surface area contributed by atoms with Gasteiger partial charge in [-0.2, -0.15) is 0 Å². The number of aryl methyl sites for hydroxylation is 1. The van der Waals surface area contributed by atoms with Crippen LogP contribution in [0, 0.1) is 0 Å². The van der Waals surface area contributed by atoms with Gasteiger partial charge in [0.05, 0.1) is 7.11 Å². The molecule has 0 unspecified atom stereocenters. The van der Waals surface area contributed by atoms with Gasteiger partial charge in [0.25, 0.3) is 0 Å². The molecule has 1 aromatic rings. The Bertz CT molecular complexity index is 403. The Hall–Kier alpha value is -1.55. The quantitative estimate of drug-likeness (QED) is 0.804. The molecule has 18 heavy (non-hydrogen) atoms. The molecule has 0 saturated heterocycles. The normalized spacial score (nSPS) is 11.1. The third kappa shape index (κ3) is 4.37.